The first kappa shape index (κ1) is 16.9. The van der Waals surface area contributed by atoms with Gasteiger partial charge in [0.05, 0.1) is 25.0 Å². The maximum Gasteiger partial charge on any atom is 0.238 e. The monoisotopic (exact) mass is 342 g/mol. The molecule has 1 aliphatic carbocycles. The van der Waals surface area contributed by atoms with Crippen molar-refractivity contribution in [2.45, 2.75) is 30.3 Å². The first-order valence-corrected chi connectivity index (χ1v) is 9.14. The summed E-state index contributed by atoms with van der Waals surface area (Å²) in [5, 5.41) is 3.05. The van der Waals surface area contributed by atoms with Crippen LogP contribution < -0.4 is 5.32 Å². The van der Waals surface area contributed by atoms with Gasteiger partial charge in [0.1, 0.15) is 5.76 Å². The van der Waals surface area contributed by atoms with Gasteiger partial charge in [-0.05, 0) is 37.1 Å². The highest BCUT2D eigenvalue weighted by Gasteiger charge is 2.30. The fraction of sp³-hybridized carbons (Fsp3) is 0.316. The number of nitrogens with one attached hydrogen (secondary N) is 1. The van der Waals surface area contributed by atoms with Gasteiger partial charge in [0.15, 0.2) is 0 Å². The Kier molecular flexibility index (Phi) is 5.77. The molecule has 0 aliphatic heterocycles. The predicted molar refractivity (Wildman–Crippen MR) is 98.1 cm³/mol. The molecular formula is C19H22N2O2S. The summed E-state index contributed by atoms with van der Waals surface area (Å²) >= 11 is 1.67. The molecule has 0 radical (unpaired) electrons. The van der Waals surface area contributed by atoms with Gasteiger partial charge in [0, 0.05) is 16.7 Å². The zero-order chi connectivity index (χ0) is 16.8. The van der Waals surface area contributed by atoms with E-state index < -0.39 is 0 Å². The number of nitrogens with zero attached hydrogens (tertiary/aromatic N) is 1. The van der Waals surface area contributed by atoms with Crippen molar-refractivity contribution in [2.75, 3.05) is 17.6 Å². The van der Waals surface area contributed by atoms with Gasteiger partial charge in [-0.25, -0.2) is 0 Å². The maximum absolute atomic E-state index is 12.5. The van der Waals surface area contributed by atoms with Gasteiger partial charge < -0.3 is 9.73 Å². The number of benzene rings is 1. The van der Waals surface area contributed by atoms with Crippen LogP contribution >= 0.6 is 11.8 Å². The van der Waals surface area contributed by atoms with Gasteiger partial charge in [0.25, 0.3) is 0 Å². The molecule has 0 spiro atoms. The Labute approximate surface area is 146 Å². The molecule has 5 heteroatoms. The number of anilines is 1. The number of hydrogen-bond acceptors (Lipinski definition) is 4. The van der Waals surface area contributed by atoms with Gasteiger partial charge in [-0.2, -0.15) is 0 Å². The van der Waals surface area contributed by atoms with Gasteiger partial charge in [-0.15, -0.1) is 18.3 Å². The zero-order valence-electron chi connectivity index (χ0n) is 13.6. The van der Waals surface area contributed by atoms with Crippen LogP contribution in [0, 0.1) is 0 Å². The Morgan fingerprint density at radius 3 is 2.88 bits per heavy atom. The molecule has 1 aromatic carbocycles. The van der Waals surface area contributed by atoms with Crippen molar-refractivity contribution in [1.82, 2.24) is 4.90 Å². The number of furan rings is 1. The molecule has 0 bridgehead atoms. The smallest absolute Gasteiger partial charge is 0.238 e. The minimum Gasteiger partial charge on any atom is -0.468 e. The molecule has 1 heterocycles. The number of thioether (sulfide) groups is 1. The Morgan fingerprint density at radius 2 is 2.17 bits per heavy atom. The molecule has 0 saturated heterocycles. The lowest BCUT2D eigenvalue weighted by molar-refractivity contribution is -0.117. The van der Waals surface area contributed by atoms with Crippen molar-refractivity contribution < 1.29 is 9.21 Å². The Hall–Kier alpha value is -1.98. The number of para-hydroxylation sites is 1. The minimum absolute atomic E-state index is 0.0140. The molecule has 1 amide bonds. The number of hydrogen-bond donors (Lipinski definition) is 1. The van der Waals surface area contributed by atoms with Crippen molar-refractivity contribution >= 4 is 23.4 Å². The average molecular weight is 342 g/mol. The van der Waals surface area contributed by atoms with E-state index in [4.69, 9.17) is 4.42 Å². The Balaban J connectivity index is 1.60. The first-order valence-electron chi connectivity index (χ1n) is 8.15. The molecule has 1 aliphatic rings. The molecule has 0 unspecified atom stereocenters. The third-order valence-electron chi connectivity index (χ3n) is 3.87. The van der Waals surface area contributed by atoms with Crippen LogP contribution in [0.4, 0.5) is 5.69 Å². The van der Waals surface area contributed by atoms with Crippen LogP contribution in [0.25, 0.3) is 0 Å². The molecule has 1 aromatic heterocycles. The molecule has 1 N–H and O–H groups in total. The highest BCUT2D eigenvalue weighted by Crippen LogP contribution is 2.29. The van der Waals surface area contributed by atoms with Crippen molar-refractivity contribution in [3.8, 4) is 0 Å². The number of amides is 1. The molecule has 2 aromatic rings. The van der Waals surface area contributed by atoms with E-state index in [-0.39, 0.29) is 5.91 Å². The second-order valence-electron chi connectivity index (χ2n) is 5.86. The minimum atomic E-state index is 0.0140. The van der Waals surface area contributed by atoms with Crippen LogP contribution in [0.15, 0.2) is 64.6 Å². The van der Waals surface area contributed by atoms with Crippen LogP contribution in [0.3, 0.4) is 0 Å². The van der Waals surface area contributed by atoms with Gasteiger partial charge in [-0.1, -0.05) is 18.2 Å². The van der Waals surface area contributed by atoms with E-state index in [1.807, 2.05) is 42.5 Å². The van der Waals surface area contributed by atoms with Gasteiger partial charge in [-0.3, -0.25) is 9.69 Å². The van der Waals surface area contributed by atoms with E-state index >= 15 is 0 Å². The summed E-state index contributed by atoms with van der Waals surface area (Å²) in [6.07, 6.45) is 5.84. The molecule has 4 nitrogen and oxygen atoms in total. The second-order valence-corrected chi connectivity index (χ2v) is 6.92. The standard InChI is InChI=1S/C19H22N2O2S/c1-2-12-24-18-8-4-3-7-17(18)20-19(22)14-21(15-9-10-15)13-16-6-5-11-23-16/h2-8,11,15H,1,9-10,12-14H2,(H,20,22). The SMILES string of the molecule is C=CCSc1ccccc1NC(=O)CN(Cc1ccco1)C1CC1. The van der Waals surface area contributed by atoms with Crippen LogP contribution in [-0.2, 0) is 11.3 Å². The third kappa shape index (κ3) is 4.76. The predicted octanol–water partition coefficient (Wildman–Crippen LogP) is 4.16. The van der Waals surface area contributed by atoms with Crippen molar-refractivity contribution in [3.05, 3.63) is 61.1 Å². The summed E-state index contributed by atoms with van der Waals surface area (Å²) in [6.45, 7) is 4.80. The number of carbonyl (C=O) groups is 1. The van der Waals surface area contributed by atoms with Crippen LogP contribution in [0.2, 0.25) is 0 Å². The van der Waals surface area contributed by atoms with E-state index in [1.54, 1.807) is 18.0 Å². The van der Waals surface area contributed by atoms with E-state index in [0.717, 1.165) is 34.9 Å². The summed E-state index contributed by atoms with van der Waals surface area (Å²) < 4.78 is 5.42. The largest absolute Gasteiger partial charge is 0.468 e. The lowest BCUT2D eigenvalue weighted by Crippen LogP contribution is -2.34. The highest BCUT2D eigenvalue weighted by atomic mass is 32.2. The number of carbonyl (C=O) groups excluding carboxylic acids is 1. The summed E-state index contributed by atoms with van der Waals surface area (Å²) in [5.74, 6) is 1.73. The molecule has 1 fully saturated rings. The van der Waals surface area contributed by atoms with E-state index in [1.165, 1.54) is 0 Å². The van der Waals surface area contributed by atoms with E-state index in [9.17, 15) is 4.79 Å². The summed E-state index contributed by atoms with van der Waals surface area (Å²) in [4.78, 5) is 15.7. The molecule has 24 heavy (non-hydrogen) atoms. The normalized spacial score (nSPS) is 13.9. The quantitative estimate of drug-likeness (QED) is 0.549. The fourth-order valence-corrected chi connectivity index (χ4v) is 3.32. The molecule has 1 saturated carbocycles. The molecule has 3 rings (SSSR count). The van der Waals surface area contributed by atoms with E-state index in [2.05, 4.69) is 16.8 Å². The highest BCUT2D eigenvalue weighted by molar-refractivity contribution is 7.99. The number of rotatable bonds is 9. The Bertz CT molecular complexity index is 680. The second kappa shape index (κ2) is 8.22. The van der Waals surface area contributed by atoms with E-state index in [0.29, 0.717) is 19.1 Å². The lowest BCUT2D eigenvalue weighted by Gasteiger charge is -2.20. The summed E-state index contributed by atoms with van der Waals surface area (Å²) in [6, 6.07) is 12.2. The Morgan fingerprint density at radius 1 is 1.33 bits per heavy atom. The molecule has 0 atom stereocenters. The third-order valence-corrected chi connectivity index (χ3v) is 4.94. The zero-order valence-corrected chi connectivity index (χ0v) is 14.4. The lowest BCUT2D eigenvalue weighted by atomic mass is 10.3. The average Bonchev–Trinajstić information content (AvgIpc) is 3.31. The summed E-state index contributed by atoms with van der Waals surface area (Å²) in [7, 11) is 0. The van der Waals surface area contributed by atoms with Crippen molar-refractivity contribution in [2.24, 2.45) is 0 Å². The van der Waals surface area contributed by atoms with Gasteiger partial charge in [0.2, 0.25) is 5.91 Å². The fourth-order valence-electron chi connectivity index (χ4n) is 2.58. The van der Waals surface area contributed by atoms with Crippen molar-refractivity contribution in [1.29, 1.82) is 0 Å². The van der Waals surface area contributed by atoms with Crippen molar-refractivity contribution in [3.63, 3.8) is 0 Å². The first-order chi connectivity index (χ1) is 11.8. The van der Waals surface area contributed by atoms with Crippen LogP contribution in [-0.4, -0.2) is 29.1 Å². The van der Waals surface area contributed by atoms with Crippen LogP contribution in [0.1, 0.15) is 18.6 Å². The maximum atomic E-state index is 12.5. The summed E-state index contributed by atoms with van der Waals surface area (Å²) in [5.41, 5.74) is 0.864. The topological polar surface area (TPSA) is 45.5 Å². The van der Waals surface area contributed by atoms with Crippen LogP contribution in [0.5, 0.6) is 0 Å². The molecule has 126 valence electrons. The van der Waals surface area contributed by atoms with Gasteiger partial charge >= 0.3 is 0 Å². The molecular weight excluding hydrogens is 320 g/mol.